The molecule has 1 heterocycles. The second-order valence-electron chi connectivity index (χ2n) is 6.52. The summed E-state index contributed by atoms with van der Waals surface area (Å²) in [4.78, 5) is 48.9. The van der Waals surface area contributed by atoms with E-state index in [1.807, 2.05) is 0 Å². The van der Waals surface area contributed by atoms with Crippen molar-refractivity contribution >= 4 is 35.5 Å². The number of carbonyl (C=O) groups excluding carboxylic acids is 4. The molecule has 0 aromatic heterocycles. The lowest BCUT2D eigenvalue weighted by Gasteiger charge is -2.14. The summed E-state index contributed by atoms with van der Waals surface area (Å²) in [6, 6.07) is 6.25. The molecule has 7 nitrogen and oxygen atoms in total. The summed E-state index contributed by atoms with van der Waals surface area (Å²) >= 11 is 0.645. The van der Waals surface area contributed by atoms with Gasteiger partial charge in [-0.2, -0.15) is 8.78 Å². The van der Waals surface area contributed by atoms with Crippen molar-refractivity contribution in [2.75, 3.05) is 24.6 Å². The summed E-state index contributed by atoms with van der Waals surface area (Å²) < 4.78 is 70.4. The molecule has 3 amide bonds. The van der Waals surface area contributed by atoms with Crippen molar-refractivity contribution in [1.82, 2.24) is 10.2 Å². The zero-order chi connectivity index (χ0) is 24.3. The molecule has 0 bridgehead atoms. The molecule has 13 heteroatoms. The van der Waals surface area contributed by atoms with E-state index in [0.29, 0.717) is 11.8 Å². The first-order valence-corrected chi connectivity index (χ1v) is 10.3. The van der Waals surface area contributed by atoms with Crippen LogP contribution in [-0.2, 0) is 9.59 Å². The molecule has 0 fully saturated rings. The van der Waals surface area contributed by atoms with Crippen LogP contribution in [0.5, 0.6) is 5.75 Å². The van der Waals surface area contributed by atoms with Gasteiger partial charge in [0.15, 0.2) is 0 Å². The van der Waals surface area contributed by atoms with Gasteiger partial charge in [-0.1, -0.05) is 12.1 Å². The number of hydrogen-bond acceptors (Lipinski definition) is 6. The van der Waals surface area contributed by atoms with Crippen molar-refractivity contribution in [2.24, 2.45) is 0 Å². The molecule has 0 aliphatic carbocycles. The lowest BCUT2D eigenvalue weighted by molar-refractivity contribution is -0.131. The highest BCUT2D eigenvalue weighted by molar-refractivity contribution is 8.00. The third-order valence-electron chi connectivity index (χ3n) is 4.37. The summed E-state index contributed by atoms with van der Waals surface area (Å²) in [5, 5.41) is 2.42. The van der Waals surface area contributed by atoms with Crippen molar-refractivity contribution in [3.05, 3.63) is 64.5 Å². The molecule has 0 saturated carbocycles. The molecule has 2 aromatic rings. The highest BCUT2D eigenvalue weighted by Gasteiger charge is 2.34. The topological polar surface area (TPSA) is 92.8 Å². The number of imide groups is 1. The van der Waals surface area contributed by atoms with Gasteiger partial charge in [0.1, 0.15) is 0 Å². The number of nitrogens with zero attached hydrogens (tertiary/aromatic N) is 1. The second kappa shape index (κ2) is 9.98. The fourth-order valence-corrected chi connectivity index (χ4v) is 3.46. The standard InChI is InChI=1S/C20H13F5N2O5S/c21-13-14(22)16(24)18(17(25)15(13)23)32-12(29)8-33-7-11(28)26-5-6-27-19(30)9-3-1-2-4-10(9)20(27)31/h1-4H,5-8H2,(H,26,28). The van der Waals surface area contributed by atoms with Gasteiger partial charge in [0.25, 0.3) is 11.8 Å². The fraction of sp³-hybridized carbons (Fsp3) is 0.200. The van der Waals surface area contributed by atoms with Gasteiger partial charge in [-0.3, -0.25) is 24.1 Å². The van der Waals surface area contributed by atoms with E-state index in [4.69, 9.17) is 0 Å². The van der Waals surface area contributed by atoms with Crippen molar-refractivity contribution in [3.8, 4) is 5.75 Å². The number of carbonyl (C=O) groups is 4. The quantitative estimate of drug-likeness (QED) is 0.153. The monoisotopic (exact) mass is 488 g/mol. The molecule has 1 aliphatic heterocycles. The van der Waals surface area contributed by atoms with Crippen LogP contribution in [0.2, 0.25) is 0 Å². The summed E-state index contributed by atoms with van der Waals surface area (Å²) in [6.45, 7) is -0.162. The maximum atomic E-state index is 13.5. The molecule has 0 atom stereocenters. The van der Waals surface area contributed by atoms with Crippen molar-refractivity contribution in [2.45, 2.75) is 0 Å². The number of esters is 1. The molecule has 0 radical (unpaired) electrons. The van der Waals surface area contributed by atoms with Crippen molar-refractivity contribution in [1.29, 1.82) is 0 Å². The normalized spacial score (nSPS) is 12.7. The Morgan fingerprint density at radius 3 is 1.91 bits per heavy atom. The number of hydrogen-bond donors (Lipinski definition) is 1. The Morgan fingerprint density at radius 2 is 1.36 bits per heavy atom. The van der Waals surface area contributed by atoms with E-state index >= 15 is 0 Å². The summed E-state index contributed by atoms with van der Waals surface area (Å²) in [6.07, 6.45) is 0. The number of rotatable bonds is 8. The number of halogens is 5. The van der Waals surface area contributed by atoms with Crippen LogP contribution in [0.15, 0.2) is 24.3 Å². The second-order valence-corrected chi connectivity index (χ2v) is 7.51. The predicted molar refractivity (Wildman–Crippen MR) is 104 cm³/mol. The van der Waals surface area contributed by atoms with E-state index in [2.05, 4.69) is 10.1 Å². The average molecular weight is 488 g/mol. The number of amides is 3. The molecule has 1 N–H and O–H groups in total. The summed E-state index contributed by atoms with van der Waals surface area (Å²) in [7, 11) is 0. The van der Waals surface area contributed by atoms with E-state index in [1.54, 1.807) is 12.1 Å². The van der Waals surface area contributed by atoms with E-state index in [0.717, 1.165) is 4.90 Å². The van der Waals surface area contributed by atoms with Crippen LogP contribution < -0.4 is 10.1 Å². The van der Waals surface area contributed by atoms with E-state index < -0.39 is 64.3 Å². The molecule has 174 valence electrons. The third kappa shape index (κ3) is 4.97. The van der Waals surface area contributed by atoms with Crippen LogP contribution in [0.25, 0.3) is 0 Å². The Balaban J connectivity index is 1.42. The maximum absolute atomic E-state index is 13.5. The maximum Gasteiger partial charge on any atom is 0.321 e. The van der Waals surface area contributed by atoms with Gasteiger partial charge in [-0.25, -0.2) is 13.2 Å². The van der Waals surface area contributed by atoms with Gasteiger partial charge in [0.05, 0.1) is 22.6 Å². The lowest BCUT2D eigenvalue weighted by atomic mass is 10.1. The highest BCUT2D eigenvalue weighted by atomic mass is 32.2. The van der Waals surface area contributed by atoms with Crippen LogP contribution >= 0.6 is 11.8 Å². The SMILES string of the molecule is O=C(CSCC(=O)Oc1c(F)c(F)c(F)c(F)c1F)NCCN1C(=O)c2ccccc2C1=O. The van der Waals surface area contributed by atoms with Crippen LogP contribution in [-0.4, -0.2) is 53.2 Å². The number of fused-ring (bicyclic) bond motifs is 1. The van der Waals surface area contributed by atoms with E-state index in [9.17, 15) is 41.1 Å². The lowest BCUT2D eigenvalue weighted by Crippen LogP contribution is -2.38. The first kappa shape index (κ1) is 24.2. The molecule has 3 rings (SSSR count). The summed E-state index contributed by atoms with van der Waals surface area (Å²) in [5.74, 6) is -17.1. The van der Waals surface area contributed by atoms with Gasteiger partial charge in [0.2, 0.25) is 40.7 Å². The molecule has 0 saturated heterocycles. The molecule has 1 aliphatic rings. The number of thioether (sulfide) groups is 1. The largest absolute Gasteiger partial charge is 0.419 e. The molecular weight excluding hydrogens is 475 g/mol. The van der Waals surface area contributed by atoms with Gasteiger partial charge in [-0.05, 0) is 12.1 Å². The Labute approximate surface area is 186 Å². The number of benzene rings is 2. The third-order valence-corrected chi connectivity index (χ3v) is 5.28. The first-order chi connectivity index (χ1) is 15.6. The minimum Gasteiger partial charge on any atom is -0.419 e. The van der Waals surface area contributed by atoms with Gasteiger partial charge in [-0.15, -0.1) is 11.8 Å². The molecule has 0 unspecified atom stereocenters. The van der Waals surface area contributed by atoms with Crippen LogP contribution in [0.1, 0.15) is 20.7 Å². The van der Waals surface area contributed by atoms with Crippen molar-refractivity contribution < 1.29 is 45.9 Å². The predicted octanol–water partition coefficient (Wildman–Crippen LogP) is 2.43. The number of nitrogens with one attached hydrogen (secondary N) is 1. The zero-order valence-corrected chi connectivity index (χ0v) is 17.2. The van der Waals surface area contributed by atoms with Gasteiger partial charge >= 0.3 is 5.97 Å². The molecule has 0 spiro atoms. The average Bonchev–Trinajstić information content (AvgIpc) is 3.04. The van der Waals surface area contributed by atoms with E-state index in [1.165, 1.54) is 12.1 Å². The van der Waals surface area contributed by atoms with Crippen LogP contribution in [0.4, 0.5) is 22.0 Å². The minimum absolute atomic E-state index is 0.0696. The Morgan fingerprint density at radius 1 is 0.848 bits per heavy atom. The Hall–Kier alpha value is -3.48. The van der Waals surface area contributed by atoms with Crippen LogP contribution in [0, 0.1) is 29.1 Å². The first-order valence-electron chi connectivity index (χ1n) is 9.15. The summed E-state index contributed by atoms with van der Waals surface area (Å²) in [5.41, 5.74) is 0.522. The zero-order valence-electron chi connectivity index (χ0n) is 16.4. The van der Waals surface area contributed by atoms with E-state index in [-0.39, 0.29) is 30.0 Å². The molecule has 2 aromatic carbocycles. The van der Waals surface area contributed by atoms with Gasteiger partial charge in [0, 0.05) is 13.1 Å². The molecular formula is C20H13F5N2O5S. The smallest absolute Gasteiger partial charge is 0.321 e. The Kier molecular flexibility index (Phi) is 7.31. The Bertz CT molecular complexity index is 1100. The van der Waals surface area contributed by atoms with Crippen LogP contribution in [0.3, 0.4) is 0 Å². The van der Waals surface area contributed by atoms with Gasteiger partial charge < -0.3 is 10.1 Å². The van der Waals surface area contributed by atoms with Crippen molar-refractivity contribution in [3.63, 3.8) is 0 Å². The highest BCUT2D eigenvalue weighted by Crippen LogP contribution is 2.29. The fourth-order valence-electron chi connectivity index (χ4n) is 2.85. The minimum atomic E-state index is -2.39. The number of ether oxygens (including phenoxy) is 1. The molecule has 33 heavy (non-hydrogen) atoms.